The molecule has 0 saturated carbocycles. The normalized spacial score (nSPS) is 17.7. The molecule has 2 rings (SSSR count). The van der Waals surface area contributed by atoms with Crippen LogP contribution in [-0.4, -0.2) is 32.3 Å². The van der Waals surface area contributed by atoms with Crippen LogP contribution in [-0.2, 0) is 11.3 Å². The summed E-state index contributed by atoms with van der Waals surface area (Å²) in [5.74, 6) is -0.119. The van der Waals surface area contributed by atoms with Crippen LogP contribution in [0.1, 0.15) is 32.3 Å². The van der Waals surface area contributed by atoms with E-state index < -0.39 is 0 Å². The number of methoxy groups -OCH3 is 1. The highest BCUT2D eigenvalue weighted by atomic mass is 19.1. The Hall–Kier alpha value is -1.13. The third kappa shape index (κ3) is 3.49. The van der Waals surface area contributed by atoms with E-state index in [9.17, 15) is 4.39 Å². The van der Waals surface area contributed by atoms with Crippen LogP contribution in [0, 0.1) is 5.82 Å². The van der Waals surface area contributed by atoms with Gasteiger partial charge >= 0.3 is 0 Å². The maximum absolute atomic E-state index is 14.3. The third-order valence-electron chi connectivity index (χ3n) is 4.02. The molecular weight excluding hydrogens is 255 g/mol. The lowest BCUT2D eigenvalue weighted by Crippen LogP contribution is -2.38. The second-order valence-corrected chi connectivity index (χ2v) is 6.02. The van der Waals surface area contributed by atoms with E-state index in [2.05, 4.69) is 24.1 Å². The van der Waals surface area contributed by atoms with Gasteiger partial charge in [0, 0.05) is 32.3 Å². The van der Waals surface area contributed by atoms with E-state index in [1.54, 1.807) is 13.2 Å². The van der Waals surface area contributed by atoms with Gasteiger partial charge < -0.3 is 15.0 Å². The van der Waals surface area contributed by atoms with Gasteiger partial charge in [-0.05, 0) is 44.4 Å². The quantitative estimate of drug-likeness (QED) is 0.811. The smallest absolute Gasteiger partial charge is 0.146 e. The van der Waals surface area contributed by atoms with Crippen molar-refractivity contribution in [1.29, 1.82) is 0 Å². The fraction of sp³-hybridized carbons (Fsp3) is 0.625. The standard InChI is InChI=1S/C16H25FN2O/c1-16(2)7-4-9-19(16)15-6-5-13(11-14(15)17)12-18-8-10-20-3/h5-6,11,18H,4,7-10,12H2,1-3H3. The predicted octanol–water partition coefficient (Wildman–Crippen LogP) is 2.94. The summed E-state index contributed by atoms with van der Waals surface area (Å²) in [7, 11) is 1.67. The van der Waals surface area contributed by atoms with Crippen LogP contribution in [0.2, 0.25) is 0 Å². The van der Waals surface area contributed by atoms with E-state index in [4.69, 9.17) is 4.74 Å². The summed E-state index contributed by atoms with van der Waals surface area (Å²) in [4.78, 5) is 2.18. The maximum Gasteiger partial charge on any atom is 0.146 e. The van der Waals surface area contributed by atoms with Gasteiger partial charge in [0.15, 0.2) is 0 Å². The van der Waals surface area contributed by atoms with E-state index >= 15 is 0 Å². The monoisotopic (exact) mass is 280 g/mol. The molecule has 1 aliphatic heterocycles. The number of benzene rings is 1. The first-order valence-corrected chi connectivity index (χ1v) is 7.30. The summed E-state index contributed by atoms with van der Waals surface area (Å²) in [6.07, 6.45) is 2.25. The lowest BCUT2D eigenvalue weighted by Gasteiger charge is -2.34. The molecule has 1 aromatic carbocycles. The van der Waals surface area contributed by atoms with Crippen molar-refractivity contribution in [2.75, 3.05) is 31.7 Å². The summed E-state index contributed by atoms with van der Waals surface area (Å²) < 4.78 is 19.3. The molecule has 1 aliphatic rings. The molecule has 1 saturated heterocycles. The number of hydrogen-bond acceptors (Lipinski definition) is 3. The van der Waals surface area contributed by atoms with Crippen LogP contribution in [0.4, 0.5) is 10.1 Å². The van der Waals surface area contributed by atoms with E-state index in [0.717, 1.165) is 37.2 Å². The molecule has 0 amide bonds. The number of anilines is 1. The summed E-state index contributed by atoms with van der Waals surface area (Å²) in [6.45, 7) is 7.42. The Kier molecular flexibility index (Phi) is 5.00. The molecule has 0 radical (unpaired) electrons. The molecule has 0 aromatic heterocycles. The molecule has 112 valence electrons. The first-order valence-electron chi connectivity index (χ1n) is 7.30. The number of halogens is 1. The Morgan fingerprint density at radius 2 is 2.20 bits per heavy atom. The Morgan fingerprint density at radius 1 is 1.40 bits per heavy atom. The minimum absolute atomic E-state index is 0.0546. The molecule has 3 nitrogen and oxygen atoms in total. The van der Waals surface area contributed by atoms with Crippen molar-refractivity contribution in [1.82, 2.24) is 5.32 Å². The van der Waals surface area contributed by atoms with Crippen molar-refractivity contribution in [2.45, 2.75) is 38.8 Å². The van der Waals surface area contributed by atoms with E-state index in [1.807, 2.05) is 12.1 Å². The van der Waals surface area contributed by atoms with Crippen LogP contribution in [0.15, 0.2) is 18.2 Å². The number of nitrogens with one attached hydrogen (secondary N) is 1. The first-order chi connectivity index (χ1) is 9.54. The van der Waals surface area contributed by atoms with Crippen molar-refractivity contribution >= 4 is 5.69 Å². The van der Waals surface area contributed by atoms with Gasteiger partial charge in [-0.2, -0.15) is 0 Å². The Balaban J connectivity index is 2.02. The van der Waals surface area contributed by atoms with Crippen LogP contribution in [0.3, 0.4) is 0 Å². The summed E-state index contributed by atoms with van der Waals surface area (Å²) in [5.41, 5.74) is 1.76. The summed E-state index contributed by atoms with van der Waals surface area (Å²) in [6, 6.07) is 5.56. The SMILES string of the molecule is COCCNCc1ccc(N2CCCC2(C)C)c(F)c1. The number of rotatable bonds is 6. The second-order valence-electron chi connectivity index (χ2n) is 6.02. The molecule has 0 bridgehead atoms. The maximum atomic E-state index is 14.3. The van der Waals surface area contributed by atoms with Crippen LogP contribution in [0.25, 0.3) is 0 Å². The Morgan fingerprint density at radius 3 is 2.80 bits per heavy atom. The second kappa shape index (κ2) is 6.55. The van der Waals surface area contributed by atoms with Gasteiger partial charge in [0.25, 0.3) is 0 Å². The lowest BCUT2D eigenvalue weighted by molar-refractivity contribution is 0.199. The molecule has 0 unspecified atom stereocenters. The molecular formula is C16H25FN2O. The van der Waals surface area contributed by atoms with E-state index in [-0.39, 0.29) is 11.4 Å². The Bertz CT molecular complexity index is 448. The highest BCUT2D eigenvalue weighted by molar-refractivity contribution is 5.52. The molecule has 0 atom stereocenters. The van der Waals surface area contributed by atoms with Crippen molar-refractivity contribution < 1.29 is 9.13 Å². The fourth-order valence-corrected chi connectivity index (χ4v) is 2.84. The molecule has 4 heteroatoms. The van der Waals surface area contributed by atoms with Gasteiger partial charge in [0.2, 0.25) is 0 Å². The van der Waals surface area contributed by atoms with Crippen LogP contribution in [0.5, 0.6) is 0 Å². The minimum Gasteiger partial charge on any atom is -0.383 e. The van der Waals surface area contributed by atoms with Crippen molar-refractivity contribution in [3.05, 3.63) is 29.6 Å². The zero-order valence-electron chi connectivity index (χ0n) is 12.7. The molecule has 1 N–H and O–H groups in total. The first kappa shape index (κ1) is 15.3. The van der Waals surface area contributed by atoms with E-state index in [1.165, 1.54) is 0 Å². The lowest BCUT2D eigenvalue weighted by atomic mass is 10.0. The molecule has 1 heterocycles. The topological polar surface area (TPSA) is 24.5 Å². The predicted molar refractivity (Wildman–Crippen MR) is 80.6 cm³/mol. The number of hydrogen-bond donors (Lipinski definition) is 1. The average Bonchev–Trinajstić information content (AvgIpc) is 2.75. The molecule has 1 fully saturated rings. The zero-order valence-corrected chi connectivity index (χ0v) is 12.7. The van der Waals surface area contributed by atoms with Gasteiger partial charge in [-0.25, -0.2) is 4.39 Å². The van der Waals surface area contributed by atoms with Gasteiger partial charge in [0.05, 0.1) is 12.3 Å². The average molecular weight is 280 g/mol. The largest absolute Gasteiger partial charge is 0.383 e. The Labute approximate surface area is 121 Å². The van der Waals surface area contributed by atoms with Gasteiger partial charge in [0.1, 0.15) is 5.82 Å². The van der Waals surface area contributed by atoms with Crippen LogP contribution < -0.4 is 10.2 Å². The molecule has 20 heavy (non-hydrogen) atoms. The van der Waals surface area contributed by atoms with Gasteiger partial charge in [-0.1, -0.05) is 6.07 Å². The van der Waals surface area contributed by atoms with Crippen molar-refractivity contribution in [3.63, 3.8) is 0 Å². The highest BCUT2D eigenvalue weighted by Crippen LogP contribution is 2.35. The number of nitrogens with zero attached hydrogens (tertiary/aromatic N) is 1. The van der Waals surface area contributed by atoms with Gasteiger partial charge in [-0.3, -0.25) is 0 Å². The van der Waals surface area contributed by atoms with Crippen molar-refractivity contribution in [3.8, 4) is 0 Å². The minimum atomic E-state index is -0.119. The molecule has 1 aromatic rings. The third-order valence-corrected chi connectivity index (χ3v) is 4.02. The summed E-state index contributed by atoms with van der Waals surface area (Å²) >= 11 is 0. The molecule has 0 spiro atoms. The highest BCUT2D eigenvalue weighted by Gasteiger charge is 2.33. The fourth-order valence-electron chi connectivity index (χ4n) is 2.84. The molecule has 0 aliphatic carbocycles. The van der Waals surface area contributed by atoms with E-state index in [0.29, 0.717) is 13.2 Å². The van der Waals surface area contributed by atoms with Crippen molar-refractivity contribution in [2.24, 2.45) is 0 Å². The van der Waals surface area contributed by atoms with Crippen LogP contribution >= 0.6 is 0 Å². The summed E-state index contributed by atoms with van der Waals surface area (Å²) in [5, 5.41) is 3.23. The zero-order chi connectivity index (χ0) is 14.6. The number of ether oxygens (including phenoxy) is 1. The van der Waals surface area contributed by atoms with Gasteiger partial charge in [-0.15, -0.1) is 0 Å².